The quantitative estimate of drug-likeness (QED) is 0.231. The van der Waals surface area contributed by atoms with E-state index in [1.165, 1.54) is 11.1 Å². The Bertz CT molecular complexity index is 1150. The molecule has 0 atom stereocenters. The van der Waals surface area contributed by atoms with Gasteiger partial charge in [-0.2, -0.15) is 0 Å². The van der Waals surface area contributed by atoms with Crippen LogP contribution in [-0.4, -0.2) is 11.7 Å². The lowest BCUT2D eigenvalue weighted by Crippen LogP contribution is -2.29. The highest BCUT2D eigenvalue weighted by Gasteiger charge is 2.23. The molecule has 178 valence electrons. The fraction of sp³-hybridized carbons (Fsp3) is 0.333. The predicted octanol–water partition coefficient (Wildman–Crippen LogP) is 8.38. The zero-order valence-corrected chi connectivity index (χ0v) is 21.5. The van der Waals surface area contributed by atoms with E-state index in [2.05, 4.69) is 108 Å². The highest BCUT2D eigenvalue weighted by molar-refractivity contribution is 6.46. The molecule has 0 saturated carbocycles. The average molecular weight is 455 g/mol. The first-order chi connectivity index (χ1) is 16.0. The second-order valence-electron chi connectivity index (χ2n) is 10.5. The maximum absolute atomic E-state index is 8.61. The molecule has 3 rings (SSSR count). The Balaban J connectivity index is 1.94. The first kappa shape index (κ1) is 25.2. The lowest BCUT2D eigenvalue weighted by Gasteiger charge is -2.27. The van der Waals surface area contributed by atoms with Crippen molar-refractivity contribution in [3.05, 3.63) is 83.4 Å². The van der Waals surface area contributed by atoms with Crippen molar-refractivity contribution in [3.63, 3.8) is 0 Å². The molecule has 0 spiro atoms. The number of rotatable bonds is 5. The number of hydrogen-bond donors (Lipinski definition) is 4. The molecule has 0 amide bonds. The van der Waals surface area contributed by atoms with E-state index in [1.807, 2.05) is 18.2 Å². The smallest absolute Gasteiger partial charge is 0.165 e. The number of anilines is 2. The predicted molar refractivity (Wildman–Crippen MR) is 148 cm³/mol. The Morgan fingerprint density at radius 2 is 1.32 bits per heavy atom. The van der Waals surface area contributed by atoms with Gasteiger partial charge in [0, 0.05) is 11.4 Å². The van der Waals surface area contributed by atoms with Crippen molar-refractivity contribution in [2.24, 2.45) is 0 Å². The first-order valence-electron chi connectivity index (χ1n) is 12.0. The number of nitrogens with one attached hydrogen (secondary N) is 4. The summed E-state index contributed by atoms with van der Waals surface area (Å²) in [4.78, 5) is 0. The lowest BCUT2D eigenvalue weighted by molar-refractivity contribution is 0.591. The third-order valence-corrected chi connectivity index (χ3v) is 6.06. The summed E-state index contributed by atoms with van der Waals surface area (Å²) in [5.41, 5.74) is 7.52. The standard InChI is InChI=1S/C30H38N4/c1-19(2)21-13-15-23(16-14-21)33-28(31)29(32)34-27-18-25(22-11-9-8-10-12-22)24(20(3)4)17-26(27)30(5,6)7/h8-20H,1-7H3,(H2,31,33)(H2,32,34). The van der Waals surface area contributed by atoms with Crippen molar-refractivity contribution in [3.8, 4) is 11.1 Å². The van der Waals surface area contributed by atoms with Crippen molar-refractivity contribution in [1.82, 2.24) is 0 Å². The molecule has 34 heavy (non-hydrogen) atoms. The van der Waals surface area contributed by atoms with E-state index in [4.69, 9.17) is 10.8 Å². The van der Waals surface area contributed by atoms with Crippen LogP contribution < -0.4 is 10.6 Å². The van der Waals surface area contributed by atoms with E-state index in [1.54, 1.807) is 0 Å². The van der Waals surface area contributed by atoms with Crippen LogP contribution in [0.3, 0.4) is 0 Å². The Labute approximate surface area is 204 Å². The molecule has 0 heterocycles. The topological polar surface area (TPSA) is 71.8 Å². The molecule has 0 fully saturated rings. The van der Waals surface area contributed by atoms with E-state index < -0.39 is 0 Å². The summed E-state index contributed by atoms with van der Waals surface area (Å²) in [7, 11) is 0. The lowest BCUT2D eigenvalue weighted by atomic mass is 9.81. The summed E-state index contributed by atoms with van der Waals surface area (Å²) in [6, 6.07) is 22.8. The van der Waals surface area contributed by atoms with Gasteiger partial charge in [-0.1, -0.05) is 97.0 Å². The molecule has 0 saturated heterocycles. The second kappa shape index (κ2) is 10.3. The third kappa shape index (κ3) is 5.93. The SMILES string of the molecule is CC(C)c1ccc(NC(=N)C(=N)Nc2cc(-c3ccccc3)c(C(C)C)cc2C(C)(C)C)cc1. The zero-order chi connectivity index (χ0) is 25.0. The molecular weight excluding hydrogens is 416 g/mol. The van der Waals surface area contributed by atoms with Gasteiger partial charge in [0.1, 0.15) is 0 Å². The van der Waals surface area contributed by atoms with Crippen molar-refractivity contribution < 1.29 is 0 Å². The van der Waals surface area contributed by atoms with Gasteiger partial charge in [0.2, 0.25) is 0 Å². The van der Waals surface area contributed by atoms with Crippen LogP contribution in [0, 0.1) is 10.8 Å². The summed E-state index contributed by atoms with van der Waals surface area (Å²) in [6.45, 7) is 15.3. The Hall–Kier alpha value is -3.40. The second-order valence-corrected chi connectivity index (χ2v) is 10.5. The van der Waals surface area contributed by atoms with Crippen molar-refractivity contribution in [2.75, 3.05) is 10.6 Å². The minimum absolute atomic E-state index is 0.0337. The van der Waals surface area contributed by atoms with Crippen LogP contribution in [-0.2, 0) is 5.41 Å². The van der Waals surface area contributed by atoms with E-state index in [0.29, 0.717) is 11.8 Å². The van der Waals surface area contributed by atoms with Gasteiger partial charge in [-0.05, 0) is 63.3 Å². The van der Waals surface area contributed by atoms with Gasteiger partial charge in [0.15, 0.2) is 11.7 Å². The number of hydrogen-bond acceptors (Lipinski definition) is 2. The summed E-state index contributed by atoms with van der Waals surface area (Å²) in [5, 5.41) is 23.4. The molecule has 0 aromatic heterocycles. The summed E-state index contributed by atoms with van der Waals surface area (Å²) >= 11 is 0. The molecule has 0 aliphatic carbocycles. The van der Waals surface area contributed by atoms with Crippen LogP contribution in [0.1, 0.15) is 77.0 Å². The molecule has 4 nitrogen and oxygen atoms in total. The number of benzene rings is 3. The Morgan fingerprint density at radius 3 is 1.85 bits per heavy atom. The fourth-order valence-electron chi connectivity index (χ4n) is 4.04. The summed E-state index contributed by atoms with van der Waals surface area (Å²) < 4.78 is 0. The van der Waals surface area contributed by atoms with E-state index in [-0.39, 0.29) is 17.1 Å². The summed E-state index contributed by atoms with van der Waals surface area (Å²) in [5.74, 6) is 0.886. The molecule has 0 aliphatic heterocycles. The van der Waals surface area contributed by atoms with Crippen LogP contribution >= 0.6 is 0 Å². The van der Waals surface area contributed by atoms with Crippen LogP contribution in [0.2, 0.25) is 0 Å². The molecular formula is C30H38N4. The normalized spacial score (nSPS) is 11.6. The molecule has 3 aromatic rings. The van der Waals surface area contributed by atoms with Crippen LogP contribution in [0.15, 0.2) is 66.7 Å². The van der Waals surface area contributed by atoms with Crippen LogP contribution in [0.5, 0.6) is 0 Å². The van der Waals surface area contributed by atoms with Gasteiger partial charge in [0.25, 0.3) is 0 Å². The van der Waals surface area contributed by atoms with Gasteiger partial charge in [-0.15, -0.1) is 0 Å². The molecule has 3 aromatic carbocycles. The number of amidine groups is 2. The minimum atomic E-state index is -0.121. The highest BCUT2D eigenvalue weighted by atomic mass is 15.1. The highest BCUT2D eigenvalue weighted by Crippen LogP contribution is 2.39. The maximum Gasteiger partial charge on any atom is 0.165 e. The van der Waals surface area contributed by atoms with Gasteiger partial charge < -0.3 is 10.6 Å². The van der Waals surface area contributed by atoms with Crippen molar-refractivity contribution in [1.29, 1.82) is 10.8 Å². The fourth-order valence-corrected chi connectivity index (χ4v) is 4.04. The molecule has 0 aliphatic rings. The van der Waals surface area contributed by atoms with Gasteiger partial charge in [-0.25, -0.2) is 0 Å². The van der Waals surface area contributed by atoms with Crippen LogP contribution in [0.4, 0.5) is 11.4 Å². The molecule has 0 radical (unpaired) electrons. The molecule has 0 bridgehead atoms. The summed E-state index contributed by atoms with van der Waals surface area (Å²) in [6.07, 6.45) is 0. The largest absolute Gasteiger partial charge is 0.338 e. The monoisotopic (exact) mass is 454 g/mol. The molecule has 4 heteroatoms. The molecule has 4 N–H and O–H groups in total. The van der Waals surface area contributed by atoms with Gasteiger partial charge >= 0.3 is 0 Å². The minimum Gasteiger partial charge on any atom is -0.338 e. The van der Waals surface area contributed by atoms with E-state index in [0.717, 1.165) is 28.1 Å². The Morgan fingerprint density at radius 1 is 0.735 bits per heavy atom. The van der Waals surface area contributed by atoms with Gasteiger partial charge in [0.05, 0.1) is 0 Å². The van der Waals surface area contributed by atoms with Gasteiger partial charge in [-0.3, -0.25) is 10.8 Å². The maximum atomic E-state index is 8.61. The van der Waals surface area contributed by atoms with Crippen molar-refractivity contribution in [2.45, 2.75) is 65.7 Å². The average Bonchev–Trinajstić information content (AvgIpc) is 2.78. The third-order valence-electron chi connectivity index (χ3n) is 6.06. The Kier molecular flexibility index (Phi) is 7.61. The zero-order valence-electron chi connectivity index (χ0n) is 21.5. The molecule has 0 unspecified atom stereocenters. The van der Waals surface area contributed by atoms with Crippen molar-refractivity contribution >= 4 is 23.0 Å². The van der Waals surface area contributed by atoms with E-state index >= 15 is 0 Å². The van der Waals surface area contributed by atoms with Crippen LogP contribution in [0.25, 0.3) is 11.1 Å². The van der Waals surface area contributed by atoms with E-state index in [9.17, 15) is 0 Å². The first-order valence-corrected chi connectivity index (χ1v) is 12.0.